The summed E-state index contributed by atoms with van der Waals surface area (Å²) < 4.78 is 10.4. The molecule has 1 saturated heterocycles. The number of carboxylic acids is 1. The minimum Gasteiger partial charge on any atom is -0.480 e. The van der Waals surface area contributed by atoms with Crippen LogP contribution >= 0.6 is 0 Å². The predicted octanol–water partition coefficient (Wildman–Crippen LogP) is 1.07. The van der Waals surface area contributed by atoms with Crippen LogP contribution < -0.4 is 0 Å². The summed E-state index contributed by atoms with van der Waals surface area (Å²) in [5.74, 6) is -1.30. The van der Waals surface area contributed by atoms with E-state index in [0.29, 0.717) is 17.7 Å². The zero-order valence-corrected chi connectivity index (χ0v) is 12.1. The summed E-state index contributed by atoms with van der Waals surface area (Å²) in [6.45, 7) is 0.280. The monoisotopic (exact) mass is 304 g/mol. The molecule has 0 radical (unpaired) electrons. The van der Waals surface area contributed by atoms with E-state index >= 15 is 0 Å². The second kappa shape index (κ2) is 5.76. The van der Waals surface area contributed by atoms with Crippen molar-refractivity contribution in [3.8, 4) is 0 Å². The molecule has 1 aliphatic rings. The number of carbonyl (C=O) groups excluding carboxylic acids is 1. The number of amides is 1. The quantitative estimate of drug-likeness (QED) is 0.908. The number of fused-ring (bicyclic) bond motifs is 1. The molecular formula is C15H16N2O5. The van der Waals surface area contributed by atoms with Gasteiger partial charge in [0.1, 0.15) is 11.7 Å². The van der Waals surface area contributed by atoms with Crippen LogP contribution in [0.5, 0.6) is 0 Å². The number of carboxylic acid groups (broad SMARTS) is 1. The van der Waals surface area contributed by atoms with Crippen molar-refractivity contribution in [3.63, 3.8) is 0 Å². The number of likely N-dealkylation sites (tertiary alicyclic amines) is 1. The molecule has 0 bridgehead atoms. The van der Waals surface area contributed by atoms with Crippen LogP contribution in [0.4, 0.5) is 0 Å². The number of aromatic nitrogens is 1. The van der Waals surface area contributed by atoms with E-state index in [4.69, 9.17) is 9.26 Å². The van der Waals surface area contributed by atoms with Crippen molar-refractivity contribution < 1.29 is 24.0 Å². The molecule has 1 aromatic carbocycles. The topological polar surface area (TPSA) is 92.9 Å². The Morgan fingerprint density at radius 3 is 2.95 bits per heavy atom. The van der Waals surface area contributed by atoms with Gasteiger partial charge in [-0.3, -0.25) is 4.79 Å². The molecular weight excluding hydrogens is 288 g/mol. The Hall–Kier alpha value is -2.41. The number of hydrogen-bond acceptors (Lipinski definition) is 5. The van der Waals surface area contributed by atoms with Gasteiger partial charge in [-0.05, 0) is 12.1 Å². The minimum absolute atomic E-state index is 0.0111. The zero-order chi connectivity index (χ0) is 15.7. The summed E-state index contributed by atoms with van der Waals surface area (Å²) in [6.07, 6.45) is 0.0630. The second-order valence-electron chi connectivity index (χ2n) is 5.30. The highest BCUT2D eigenvalue weighted by Crippen LogP contribution is 2.23. The third-order valence-corrected chi connectivity index (χ3v) is 3.97. The van der Waals surface area contributed by atoms with Crippen LogP contribution in [0.1, 0.15) is 12.1 Å². The van der Waals surface area contributed by atoms with Crippen LogP contribution in [-0.2, 0) is 20.7 Å². The Labute approximate surface area is 126 Å². The van der Waals surface area contributed by atoms with Gasteiger partial charge >= 0.3 is 5.97 Å². The van der Waals surface area contributed by atoms with Crippen molar-refractivity contribution in [1.82, 2.24) is 10.1 Å². The van der Waals surface area contributed by atoms with Gasteiger partial charge in [-0.1, -0.05) is 17.3 Å². The van der Waals surface area contributed by atoms with E-state index in [1.807, 2.05) is 18.2 Å². The van der Waals surface area contributed by atoms with Crippen molar-refractivity contribution >= 4 is 22.8 Å². The second-order valence-corrected chi connectivity index (χ2v) is 5.30. The van der Waals surface area contributed by atoms with E-state index in [1.165, 1.54) is 12.0 Å². The summed E-state index contributed by atoms with van der Waals surface area (Å²) >= 11 is 0. The largest absolute Gasteiger partial charge is 0.480 e. The molecule has 0 spiro atoms. The molecule has 2 unspecified atom stereocenters. The third kappa shape index (κ3) is 2.55. The number of rotatable bonds is 4. The first-order valence-electron chi connectivity index (χ1n) is 6.98. The van der Waals surface area contributed by atoms with Gasteiger partial charge < -0.3 is 19.3 Å². The lowest BCUT2D eigenvalue weighted by Crippen LogP contribution is -2.41. The fourth-order valence-corrected chi connectivity index (χ4v) is 2.79. The Balaban J connectivity index is 1.80. The first-order valence-corrected chi connectivity index (χ1v) is 6.98. The number of hydrogen-bond donors (Lipinski definition) is 1. The lowest BCUT2D eigenvalue weighted by Gasteiger charge is -2.20. The first-order chi connectivity index (χ1) is 10.6. The van der Waals surface area contributed by atoms with Gasteiger partial charge in [-0.15, -0.1) is 0 Å². The number of carbonyl (C=O) groups is 2. The third-order valence-electron chi connectivity index (χ3n) is 3.97. The van der Waals surface area contributed by atoms with Gasteiger partial charge in [-0.25, -0.2) is 4.79 Å². The predicted molar refractivity (Wildman–Crippen MR) is 76.3 cm³/mol. The molecule has 7 heteroatoms. The van der Waals surface area contributed by atoms with Crippen molar-refractivity contribution in [2.24, 2.45) is 0 Å². The average molecular weight is 304 g/mol. The molecule has 1 fully saturated rings. The average Bonchev–Trinajstić information content (AvgIpc) is 3.12. The molecule has 0 aliphatic carbocycles. The molecule has 2 heterocycles. The van der Waals surface area contributed by atoms with Crippen molar-refractivity contribution in [1.29, 1.82) is 0 Å². The highest BCUT2D eigenvalue weighted by atomic mass is 16.5. The molecule has 22 heavy (non-hydrogen) atoms. The Kier molecular flexibility index (Phi) is 3.81. The summed E-state index contributed by atoms with van der Waals surface area (Å²) in [4.78, 5) is 25.1. The Bertz CT molecular complexity index is 711. The van der Waals surface area contributed by atoms with E-state index < -0.39 is 12.0 Å². The Morgan fingerprint density at radius 1 is 1.45 bits per heavy atom. The lowest BCUT2D eigenvalue weighted by atomic mass is 10.1. The molecule has 3 rings (SSSR count). The van der Waals surface area contributed by atoms with Crippen LogP contribution in [-0.4, -0.2) is 52.8 Å². The summed E-state index contributed by atoms with van der Waals surface area (Å²) in [6, 6.07) is 6.40. The highest BCUT2D eigenvalue weighted by molar-refractivity contribution is 5.89. The van der Waals surface area contributed by atoms with Crippen molar-refractivity contribution in [3.05, 3.63) is 30.0 Å². The van der Waals surface area contributed by atoms with Crippen molar-refractivity contribution in [2.45, 2.75) is 25.0 Å². The number of methoxy groups -OCH3 is 1. The molecule has 7 nitrogen and oxygen atoms in total. The highest BCUT2D eigenvalue weighted by Gasteiger charge is 2.39. The summed E-state index contributed by atoms with van der Waals surface area (Å²) in [5, 5.41) is 13.9. The molecule has 1 aromatic heterocycles. The maximum atomic E-state index is 12.5. The van der Waals surface area contributed by atoms with Crippen LogP contribution in [0.3, 0.4) is 0 Å². The Morgan fingerprint density at radius 2 is 2.23 bits per heavy atom. The van der Waals surface area contributed by atoms with Gasteiger partial charge in [-0.2, -0.15) is 0 Å². The first kappa shape index (κ1) is 14.5. The number of aliphatic carboxylic acids is 1. The summed E-state index contributed by atoms with van der Waals surface area (Å²) in [5.41, 5.74) is 1.13. The molecule has 2 atom stereocenters. The van der Waals surface area contributed by atoms with E-state index in [-0.39, 0.29) is 25.0 Å². The molecule has 2 aromatic rings. The van der Waals surface area contributed by atoms with E-state index in [1.54, 1.807) is 6.07 Å². The lowest BCUT2D eigenvalue weighted by molar-refractivity contribution is -0.148. The van der Waals surface area contributed by atoms with E-state index in [9.17, 15) is 14.7 Å². The van der Waals surface area contributed by atoms with Crippen LogP contribution in [0, 0.1) is 0 Å². The van der Waals surface area contributed by atoms with Crippen LogP contribution in [0.15, 0.2) is 28.8 Å². The van der Waals surface area contributed by atoms with E-state index in [0.717, 1.165) is 5.39 Å². The molecule has 116 valence electrons. The molecule has 1 N–H and O–H groups in total. The van der Waals surface area contributed by atoms with Gasteiger partial charge in [0.15, 0.2) is 5.58 Å². The zero-order valence-electron chi connectivity index (χ0n) is 12.1. The fourth-order valence-electron chi connectivity index (χ4n) is 2.79. The van der Waals surface area contributed by atoms with Gasteiger partial charge in [0.25, 0.3) is 0 Å². The number of para-hydroxylation sites is 1. The van der Waals surface area contributed by atoms with Crippen LogP contribution in [0.25, 0.3) is 11.0 Å². The normalized spacial score (nSPS) is 21.4. The van der Waals surface area contributed by atoms with Crippen molar-refractivity contribution in [2.75, 3.05) is 13.7 Å². The van der Waals surface area contributed by atoms with Crippen LogP contribution in [0.2, 0.25) is 0 Å². The van der Waals surface area contributed by atoms with Gasteiger partial charge in [0, 0.05) is 25.5 Å². The van der Waals surface area contributed by atoms with E-state index in [2.05, 4.69) is 5.16 Å². The van der Waals surface area contributed by atoms with Gasteiger partial charge in [0.05, 0.1) is 12.5 Å². The minimum atomic E-state index is -1.02. The number of nitrogens with zero attached hydrogens (tertiary/aromatic N) is 2. The number of benzene rings is 1. The smallest absolute Gasteiger partial charge is 0.326 e. The standard InChI is InChI=1S/C15H16N2O5/c1-21-9-6-12(15(19)20)17(8-9)14(18)7-11-10-4-2-3-5-13(10)22-16-11/h2-5,9,12H,6-8H2,1H3,(H,19,20). The molecule has 0 saturated carbocycles. The van der Waals surface area contributed by atoms with Gasteiger partial charge in [0.2, 0.25) is 5.91 Å². The SMILES string of the molecule is COC1CC(C(=O)O)N(C(=O)Cc2noc3ccccc23)C1. The fraction of sp³-hybridized carbons (Fsp3) is 0.400. The maximum absolute atomic E-state index is 12.5. The summed E-state index contributed by atoms with van der Waals surface area (Å²) in [7, 11) is 1.52. The molecule has 1 aliphatic heterocycles. The molecule has 1 amide bonds. The number of ether oxygens (including phenoxy) is 1. The maximum Gasteiger partial charge on any atom is 0.326 e.